The Balaban J connectivity index is 2.74. The molecule has 4 heteroatoms. The zero-order valence-electron chi connectivity index (χ0n) is 7.16. The molecule has 0 aliphatic rings. The average molecular weight is 199 g/mol. The SMILES string of the molecule is CC(Oc1ccccc1F)C(N)=S. The van der Waals surface area contributed by atoms with Crippen LogP contribution in [0.3, 0.4) is 0 Å². The first-order valence-corrected chi connectivity index (χ1v) is 4.22. The molecule has 1 aromatic rings. The van der Waals surface area contributed by atoms with E-state index in [1.54, 1.807) is 19.1 Å². The van der Waals surface area contributed by atoms with E-state index in [4.69, 9.17) is 22.7 Å². The second kappa shape index (κ2) is 4.18. The summed E-state index contributed by atoms with van der Waals surface area (Å²) in [7, 11) is 0. The molecule has 0 saturated carbocycles. The van der Waals surface area contributed by atoms with Gasteiger partial charge in [-0.05, 0) is 19.1 Å². The van der Waals surface area contributed by atoms with Crippen molar-refractivity contribution < 1.29 is 9.13 Å². The third-order valence-corrected chi connectivity index (χ3v) is 1.87. The van der Waals surface area contributed by atoms with Gasteiger partial charge < -0.3 is 10.5 Å². The van der Waals surface area contributed by atoms with Crippen LogP contribution in [-0.2, 0) is 0 Å². The van der Waals surface area contributed by atoms with Crippen molar-refractivity contribution in [2.75, 3.05) is 0 Å². The highest BCUT2D eigenvalue weighted by Gasteiger charge is 2.09. The Kier molecular flexibility index (Phi) is 3.19. The number of hydrogen-bond acceptors (Lipinski definition) is 2. The van der Waals surface area contributed by atoms with Gasteiger partial charge in [-0.1, -0.05) is 24.4 Å². The Morgan fingerprint density at radius 1 is 1.54 bits per heavy atom. The van der Waals surface area contributed by atoms with E-state index in [-0.39, 0.29) is 10.7 Å². The summed E-state index contributed by atoms with van der Waals surface area (Å²) in [6, 6.07) is 6.13. The Morgan fingerprint density at radius 2 is 2.15 bits per heavy atom. The summed E-state index contributed by atoms with van der Waals surface area (Å²) in [4.78, 5) is 0.211. The fourth-order valence-electron chi connectivity index (χ4n) is 0.789. The van der Waals surface area contributed by atoms with Crippen LogP contribution in [0, 0.1) is 5.82 Å². The Bertz CT molecular complexity index is 316. The van der Waals surface area contributed by atoms with Crippen molar-refractivity contribution in [2.24, 2.45) is 5.73 Å². The fourth-order valence-corrected chi connectivity index (χ4v) is 0.837. The summed E-state index contributed by atoms with van der Waals surface area (Å²) in [6.45, 7) is 1.68. The van der Waals surface area contributed by atoms with Crippen molar-refractivity contribution in [1.82, 2.24) is 0 Å². The Labute approximate surface area is 81.5 Å². The zero-order chi connectivity index (χ0) is 9.84. The maximum absolute atomic E-state index is 13.0. The molecule has 1 atom stereocenters. The Morgan fingerprint density at radius 3 is 2.69 bits per heavy atom. The second-order valence-corrected chi connectivity index (χ2v) is 3.06. The molecule has 0 bridgehead atoms. The number of hydrogen-bond donors (Lipinski definition) is 1. The van der Waals surface area contributed by atoms with Gasteiger partial charge in [-0.25, -0.2) is 4.39 Å². The summed E-state index contributed by atoms with van der Waals surface area (Å²) in [5.41, 5.74) is 5.32. The molecule has 0 fully saturated rings. The minimum absolute atomic E-state index is 0.169. The lowest BCUT2D eigenvalue weighted by molar-refractivity contribution is 0.274. The predicted molar refractivity (Wildman–Crippen MR) is 53.3 cm³/mol. The highest BCUT2D eigenvalue weighted by molar-refractivity contribution is 7.80. The molecule has 70 valence electrons. The molecule has 0 radical (unpaired) electrons. The molecule has 13 heavy (non-hydrogen) atoms. The molecule has 0 saturated heterocycles. The van der Waals surface area contributed by atoms with E-state index in [9.17, 15) is 4.39 Å². The van der Waals surface area contributed by atoms with Crippen LogP contribution >= 0.6 is 12.2 Å². The van der Waals surface area contributed by atoms with Crippen LogP contribution in [-0.4, -0.2) is 11.1 Å². The molecule has 0 amide bonds. The smallest absolute Gasteiger partial charge is 0.165 e. The van der Waals surface area contributed by atoms with Gasteiger partial charge in [0.15, 0.2) is 11.6 Å². The number of ether oxygens (including phenoxy) is 1. The maximum atomic E-state index is 13.0. The topological polar surface area (TPSA) is 35.2 Å². The van der Waals surface area contributed by atoms with E-state index in [0.29, 0.717) is 0 Å². The van der Waals surface area contributed by atoms with E-state index in [2.05, 4.69) is 0 Å². The molecule has 1 aromatic carbocycles. The number of benzene rings is 1. The number of rotatable bonds is 3. The van der Waals surface area contributed by atoms with Crippen LogP contribution in [0.1, 0.15) is 6.92 Å². The molecular weight excluding hydrogens is 189 g/mol. The van der Waals surface area contributed by atoms with Crippen LogP contribution in [0.25, 0.3) is 0 Å². The number of nitrogens with two attached hydrogens (primary N) is 1. The van der Waals surface area contributed by atoms with Crippen LogP contribution in [0.4, 0.5) is 4.39 Å². The summed E-state index contributed by atoms with van der Waals surface area (Å²) in [5, 5.41) is 0. The van der Waals surface area contributed by atoms with Crippen molar-refractivity contribution in [2.45, 2.75) is 13.0 Å². The molecular formula is C9H10FNOS. The highest BCUT2D eigenvalue weighted by atomic mass is 32.1. The third kappa shape index (κ3) is 2.66. The monoisotopic (exact) mass is 199 g/mol. The van der Waals surface area contributed by atoms with E-state index in [1.807, 2.05) is 0 Å². The zero-order valence-corrected chi connectivity index (χ0v) is 7.98. The van der Waals surface area contributed by atoms with E-state index in [0.717, 1.165) is 0 Å². The van der Waals surface area contributed by atoms with E-state index in [1.165, 1.54) is 12.1 Å². The van der Waals surface area contributed by atoms with Gasteiger partial charge >= 0.3 is 0 Å². The van der Waals surface area contributed by atoms with Gasteiger partial charge in [0, 0.05) is 0 Å². The molecule has 0 aliphatic heterocycles. The van der Waals surface area contributed by atoms with Gasteiger partial charge in [-0.2, -0.15) is 0 Å². The first-order chi connectivity index (χ1) is 6.11. The standard InChI is InChI=1S/C9H10FNOS/c1-6(9(11)13)12-8-5-3-2-4-7(8)10/h2-6H,1H3,(H2,11,13). The van der Waals surface area contributed by atoms with Crippen molar-refractivity contribution in [3.05, 3.63) is 30.1 Å². The molecule has 2 N–H and O–H groups in total. The van der Waals surface area contributed by atoms with Crippen LogP contribution in [0.15, 0.2) is 24.3 Å². The average Bonchev–Trinajstić information content (AvgIpc) is 2.08. The van der Waals surface area contributed by atoms with Crippen molar-refractivity contribution >= 4 is 17.2 Å². The van der Waals surface area contributed by atoms with Gasteiger partial charge in [0.1, 0.15) is 11.1 Å². The van der Waals surface area contributed by atoms with Gasteiger partial charge in [0.25, 0.3) is 0 Å². The fraction of sp³-hybridized carbons (Fsp3) is 0.222. The molecule has 1 rings (SSSR count). The summed E-state index contributed by atoms with van der Waals surface area (Å²) < 4.78 is 18.2. The minimum Gasteiger partial charge on any atom is -0.481 e. The first kappa shape index (κ1) is 9.92. The molecule has 2 nitrogen and oxygen atoms in total. The second-order valence-electron chi connectivity index (χ2n) is 2.59. The van der Waals surface area contributed by atoms with Crippen molar-refractivity contribution in [3.63, 3.8) is 0 Å². The lowest BCUT2D eigenvalue weighted by Gasteiger charge is -2.12. The van der Waals surface area contributed by atoms with Gasteiger partial charge in [-0.15, -0.1) is 0 Å². The molecule has 0 aliphatic carbocycles. The molecule has 0 aromatic heterocycles. The maximum Gasteiger partial charge on any atom is 0.165 e. The number of thiocarbonyl (C=S) groups is 1. The van der Waals surface area contributed by atoms with Crippen molar-refractivity contribution in [1.29, 1.82) is 0 Å². The lowest BCUT2D eigenvalue weighted by atomic mass is 10.3. The lowest BCUT2D eigenvalue weighted by Crippen LogP contribution is -2.29. The number of halogens is 1. The molecule has 0 heterocycles. The van der Waals surface area contributed by atoms with Crippen LogP contribution in [0.2, 0.25) is 0 Å². The normalized spacial score (nSPS) is 12.2. The van der Waals surface area contributed by atoms with Gasteiger partial charge in [-0.3, -0.25) is 0 Å². The summed E-state index contributed by atoms with van der Waals surface area (Å²) >= 11 is 4.69. The van der Waals surface area contributed by atoms with E-state index >= 15 is 0 Å². The highest BCUT2D eigenvalue weighted by Crippen LogP contribution is 2.16. The predicted octanol–water partition coefficient (Wildman–Crippen LogP) is 1.88. The van der Waals surface area contributed by atoms with E-state index < -0.39 is 11.9 Å². The Hall–Kier alpha value is -1.16. The van der Waals surface area contributed by atoms with Gasteiger partial charge in [0.2, 0.25) is 0 Å². The van der Waals surface area contributed by atoms with Gasteiger partial charge in [0.05, 0.1) is 0 Å². The first-order valence-electron chi connectivity index (χ1n) is 3.81. The quantitative estimate of drug-likeness (QED) is 0.755. The number of para-hydroxylation sites is 1. The molecule has 0 spiro atoms. The largest absolute Gasteiger partial charge is 0.481 e. The summed E-state index contributed by atoms with van der Waals surface area (Å²) in [5.74, 6) is -0.242. The molecule has 1 unspecified atom stereocenters. The summed E-state index contributed by atoms with van der Waals surface area (Å²) in [6.07, 6.45) is -0.452. The van der Waals surface area contributed by atoms with Crippen LogP contribution < -0.4 is 10.5 Å². The minimum atomic E-state index is -0.452. The third-order valence-electron chi connectivity index (χ3n) is 1.54. The van der Waals surface area contributed by atoms with Crippen LogP contribution in [0.5, 0.6) is 5.75 Å². The van der Waals surface area contributed by atoms with Crippen molar-refractivity contribution in [3.8, 4) is 5.75 Å².